The molecule has 1 unspecified atom stereocenters. The lowest BCUT2D eigenvalue weighted by Crippen LogP contribution is -2.50. The summed E-state index contributed by atoms with van der Waals surface area (Å²) in [5.74, 6) is -1.65. The lowest BCUT2D eigenvalue weighted by atomic mass is 9.90. The van der Waals surface area contributed by atoms with Crippen LogP contribution in [0.5, 0.6) is 11.5 Å². The molecule has 3 aromatic carbocycles. The van der Waals surface area contributed by atoms with Gasteiger partial charge in [-0.15, -0.1) is 13.2 Å². The molecule has 11 heteroatoms. The molecule has 0 aliphatic heterocycles. The third-order valence-corrected chi connectivity index (χ3v) is 5.89. The van der Waals surface area contributed by atoms with Crippen LogP contribution in [0.15, 0.2) is 91.3 Å². The molecule has 0 aliphatic carbocycles. The second-order valence-corrected chi connectivity index (χ2v) is 8.72. The molecule has 0 fully saturated rings. The second-order valence-electron chi connectivity index (χ2n) is 8.72. The number of carbonyl (C=O) groups is 2. The van der Waals surface area contributed by atoms with Gasteiger partial charge in [-0.3, -0.25) is 9.78 Å². The third-order valence-electron chi connectivity index (χ3n) is 5.89. The van der Waals surface area contributed by atoms with E-state index in [9.17, 15) is 22.8 Å². The molecule has 1 atom stereocenters. The van der Waals surface area contributed by atoms with Crippen LogP contribution < -0.4 is 14.8 Å². The number of nitrogens with zero attached hydrogens (tertiary/aromatic N) is 2. The van der Waals surface area contributed by atoms with Crippen molar-refractivity contribution in [2.75, 3.05) is 7.11 Å². The number of hydrogen-bond donors (Lipinski definition) is 1. The second kappa shape index (κ2) is 11.9. The summed E-state index contributed by atoms with van der Waals surface area (Å²) in [6.07, 6.45) is -2.33. The summed E-state index contributed by atoms with van der Waals surface area (Å²) in [5, 5.41) is 2.69. The fourth-order valence-electron chi connectivity index (χ4n) is 3.83. The van der Waals surface area contributed by atoms with Crippen molar-refractivity contribution < 1.29 is 37.0 Å². The lowest BCUT2D eigenvalue weighted by molar-refractivity contribution is -0.274. The Balaban J connectivity index is 1.44. The van der Waals surface area contributed by atoms with E-state index in [2.05, 4.69) is 20.0 Å². The van der Waals surface area contributed by atoms with E-state index in [4.69, 9.17) is 9.47 Å². The summed E-state index contributed by atoms with van der Waals surface area (Å²) in [7, 11) is 1.23. The first-order valence-corrected chi connectivity index (χ1v) is 11.9. The zero-order valence-corrected chi connectivity index (χ0v) is 21.4. The maximum Gasteiger partial charge on any atom is 0.573 e. The number of alkyl halides is 3. The molecule has 0 spiro atoms. The van der Waals surface area contributed by atoms with Crippen molar-refractivity contribution in [2.45, 2.75) is 25.4 Å². The molecule has 1 heterocycles. The molecule has 206 valence electrons. The first kappa shape index (κ1) is 28.1. The minimum absolute atomic E-state index is 0.0691. The molecule has 4 rings (SSSR count). The lowest BCUT2D eigenvalue weighted by Gasteiger charge is -2.28. The van der Waals surface area contributed by atoms with E-state index in [-0.39, 0.29) is 18.1 Å². The van der Waals surface area contributed by atoms with Crippen molar-refractivity contribution in [1.29, 1.82) is 0 Å². The highest BCUT2D eigenvalue weighted by molar-refractivity contribution is 5.96. The molecule has 0 bridgehead atoms. The minimum Gasteiger partial charge on any atom is -0.487 e. The van der Waals surface area contributed by atoms with Crippen LogP contribution in [-0.4, -0.2) is 35.3 Å². The maximum atomic E-state index is 13.0. The van der Waals surface area contributed by atoms with Crippen LogP contribution in [0.25, 0.3) is 11.1 Å². The van der Waals surface area contributed by atoms with Crippen molar-refractivity contribution >= 4 is 11.9 Å². The zero-order chi connectivity index (χ0) is 28.8. The van der Waals surface area contributed by atoms with Crippen molar-refractivity contribution in [3.8, 4) is 22.6 Å². The fourth-order valence-corrected chi connectivity index (χ4v) is 3.83. The number of aromatic nitrogens is 2. The molecule has 0 saturated carbocycles. The third kappa shape index (κ3) is 6.93. The largest absolute Gasteiger partial charge is 0.573 e. The van der Waals surface area contributed by atoms with Gasteiger partial charge in [-0.05, 0) is 35.7 Å². The fraction of sp³-hybridized carbons (Fsp3) is 0.172. The standard InChI is InChI=1S/C29H24F3N3O5/c1-28(27(37)38-2,21-13-11-20(12-14-21)19-7-4-3-5-8-19)35-26(36)25-17-33-22(16-34-25)18-39-23-9-6-10-24(15-23)40-29(30,31)32/h3-17H,18H2,1-2H3,(H,35,36). The van der Waals surface area contributed by atoms with Gasteiger partial charge in [-0.1, -0.05) is 60.7 Å². The van der Waals surface area contributed by atoms with Gasteiger partial charge in [-0.2, -0.15) is 0 Å². The number of methoxy groups -OCH3 is 1. The SMILES string of the molecule is COC(=O)C(C)(NC(=O)c1cnc(COc2cccc(OC(F)(F)F)c2)cn1)c1ccc(-c2ccccc2)cc1. The quantitative estimate of drug-likeness (QED) is 0.277. The highest BCUT2D eigenvalue weighted by atomic mass is 19.4. The number of ether oxygens (including phenoxy) is 3. The highest BCUT2D eigenvalue weighted by Gasteiger charge is 2.38. The van der Waals surface area contributed by atoms with Crippen LogP contribution >= 0.6 is 0 Å². The summed E-state index contributed by atoms with van der Waals surface area (Å²) in [6.45, 7) is 1.40. The topological polar surface area (TPSA) is 99.6 Å². The van der Waals surface area contributed by atoms with Gasteiger partial charge in [0.25, 0.3) is 5.91 Å². The molecular formula is C29H24F3N3O5. The Morgan fingerprint density at radius 1 is 0.850 bits per heavy atom. The van der Waals surface area contributed by atoms with Gasteiger partial charge in [0.2, 0.25) is 0 Å². The van der Waals surface area contributed by atoms with E-state index in [1.165, 1.54) is 38.6 Å². The van der Waals surface area contributed by atoms with E-state index in [1.54, 1.807) is 12.1 Å². The summed E-state index contributed by atoms with van der Waals surface area (Å²) < 4.78 is 51.6. The van der Waals surface area contributed by atoms with Crippen molar-refractivity contribution in [3.63, 3.8) is 0 Å². The molecule has 0 saturated heterocycles. The summed E-state index contributed by atoms with van der Waals surface area (Å²) in [4.78, 5) is 34.0. The Labute approximate surface area is 227 Å². The Kier molecular flexibility index (Phi) is 8.32. The smallest absolute Gasteiger partial charge is 0.487 e. The minimum atomic E-state index is -4.82. The summed E-state index contributed by atoms with van der Waals surface area (Å²) in [5.41, 5.74) is 1.16. The normalized spacial score (nSPS) is 12.6. The van der Waals surface area contributed by atoms with Gasteiger partial charge in [0.15, 0.2) is 5.54 Å². The van der Waals surface area contributed by atoms with Crippen LogP contribution in [0, 0.1) is 0 Å². The number of benzene rings is 3. The number of amides is 1. The number of esters is 1. The van der Waals surface area contributed by atoms with E-state index < -0.39 is 29.5 Å². The molecule has 0 radical (unpaired) electrons. The average molecular weight is 552 g/mol. The number of nitrogens with one attached hydrogen (secondary N) is 1. The Morgan fingerprint density at radius 2 is 1.52 bits per heavy atom. The van der Waals surface area contributed by atoms with E-state index in [0.717, 1.165) is 23.3 Å². The molecule has 8 nitrogen and oxygen atoms in total. The van der Waals surface area contributed by atoms with E-state index in [1.807, 2.05) is 42.5 Å². The Hall–Kier alpha value is -4.93. The number of halogens is 3. The predicted octanol–water partition coefficient (Wildman–Crippen LogP) is 5.44. The molecule has 1 amide bonds. The van der Waals surface area contributed by atoms with Crippen LogP contribution in [-0.2, 0) is 21.7 Å². The molecule has 0 aliphatic rings. The van der Waals surface area contributed by atoms with E-state index in [0.29, 0.717) is 11.3 Å². The summed E-state index contributed by atoms with van der Waals surface area (Å²) in [6, 6.07) is 21.9. The first-order chi connectivity index (χ1) is 19.1. The first-order valence-electron chi connectivity index (χ1n) is 11.9. The molecule has 4 aromatic rings. The van der Waals surface area contributed by atoms with E-state index >= 15 is 0 Å². The Morgan fingerprint density at radius 3 is 2.15 bits per heavy atom. The van der Waals surface area contributed by atoms with Crippen molar-refractivity contribution in [3.05, 3.63) is 108 Å². The van der Waals surface area contributed by atoms with Gasteiger partial charge in [0, 0.05) is 6.07 Å². The summed E-state index contributed by atoms with van der Waals surface area (Å²) >= 11 is 0. The van der Waals surface area contributed by atoms with Gasteiger partial charge in [0.1, 0.15) is 23.8 Å². The molecule has 1 aromatic heterocycles. The average Bonchev–Trinajstić information content (AvgIpc) is 2.95. The van der Waals surface area contributed by atoms with Crippen molar-refractivity contribution in [1.82, 2.24) is 15.3 Å². The number of rotatable bonds is 9. The van der Waals surface area contributed by atoms with Crippen LogP contribution in [0.2, 0.25) is 0 Å². The van der Waals surface area contributed by atoms with Gasteiger partial charge in [-0.25, -0.2) is 9.78 Å². The monoisotopic (exact) mass is 551 g/mol. The predicted molar refractivity (Wildman–Crippen MR) is 138 cm³/mol. The molecule has 1 N–H and O–H groups in total. The number of carbonyl (C=O) groups excluding carboxylic acids is 2. The molecular weight excluding hydrogens is 527 g/mol. The van der Waals surface area contributed by atoms with Crippen LogP contribution in [0.3, 0.4) is 0 Å². The maximum absolute atomic E-state index is 13.0. The van der Waals surface area contributed by atoms with Gasteiger partial charge >= 0.3 is 12.3 Å². The van der Waals surface area contributed by atoms with Crippen molar-refractivity contribution in [2.24, 2.45) is 0 Å². The van der Waals surface area contributed by atoms with Gasteiger partial charge < -0.3 is 19.5 Å². The number of hydrogen-bond acceptors (Lipinski definition) is 7. The van der Waals surface area contributed by atoms with Crippen LogP contribution in [0.1, 0.15) is 28.7 Å². The van der Waals surface area contributed by atoms with Crippen LogP contribution in [0.4, 0.5) is 13.2 Å². The molecule has 40 heavy (non-hydrogen) atoms. The Bertz CT molecular complexity index is 1460. The highest BCUT2D eigenvalue weighted by Crippen LogP contribution is 2.28. The van der Waals surface area contributed by atoms with Gasteiger partial charge in [0.05, 0.1) is 25.2 Å². The zero-order valence-electron chi connectivity index (χ0n) is 21.4.